The summed E-state index contributed by atoms with van der Waals surface area (Å²) < 4.78 is 0. The highest BCUT2D eigenvalue weighted by atomic mass is 16.1. The maximum absolute atomic E-state index is 12.1. The van der Waals surface area contributed by atoms with Crippen LogP contribution in [0, 0.1) is 0 Å². The summed E-state index contributed by atoms with van der Waals surface area (Å²) in [4.78, 5) is 17.5. The van der Waals surface area contributed by atoms with Crippen molar-refractivity contribution in [3.8, 4) is 0 Å². The molecule has 0 spiro atoms. The smallest absolute Gasteiger partial charge is 0.220 e. The normalized spacial score (nSPS) is 11.2. The number of H-pyrrole nitrogens is 1. The Morgan fingerprint density at radius 1 is 1.04 bits per heavy atom. The van der Waals surface area contributed by atoms with Crippen LogP contribution >= 0.6 is 0 Å². The number of carbonyl (C=O) groups excluding carboxylic acids is 1. The van der Waals surface area contributed by atoms with E-state index in [-0.39, 0.29) is 5.91 Å². The van der Waals surface area contributed by atoms with Gasteiger partial charge in [0.1, 0.15) is 0 Å². The Morgan fingerprint density at radius 2 is 1.77 bits per heavy atom. The van der Waals surface area contributed by atoms with E-state index in [1.165, 1.54) is 16.5 Å². The molecule has 1 aromatic heterocycles. The lowest BCUT2D eigenvalue weighted by Crippen LogP contribution is -2.22. The van der Waals surface area contributed by atoms with E-state index in [9.17, 15) is 4.79 Å². The lowest BCUT2D eigenvalue weighted by atomic mass is 10.1. The molecule has 2 aromatic carbocycles. The zero-order chi connectivity index (χ0) is 18.4. The highest BCUT2D eigenvalue weighted by Crippen LogP contribution is 2.19. The Bertz CT molecular complexity index is 849. The van der Waals surface area contributed by atoms with Gasteiger partial charge in [-0.2, -0.15) is 0 Å². The van der Waals surface area contributed by atoms with Crippen molar-refractivity contribution in [3.05, 3.63) is 71.4 Å². The molecule has 4 heteroatoms. The van der Waals surface area contributed by atoms with Gasteiger partial charge in [0.2, 0.25) is 5.91 Å². The molecule has 0 aliphatic heterocycles. The van der Waals surface area contributed by atoms with Gasteiger partial charge < -0.3 is 15.2 Å². The van der Waals surface area contributed by atoms with Crippen molar-refractivity contribution in [1.29, 1.82) is 0 Å². The van der Waals surface area contributed by atoms with Gasteiger partial charge in [0.25, 0.3) is 0 Å². The van der Waals surface area contributed by atoms with Crippen molar-refractivity contribution in [2.45, 2.75) is 32.4 Å². The first-order chi connectivity index (χ1) is 12.6. The predicted molar refractivity (Wildman–Crippen MR) is 107 cm³/mol. The first-order valence-corrected chi connectivity index (χ1v) is 9.16. The molecule has 3 rings (SSSR count). The Labute approximate surface area is 155 Å². The minimum atomic E-state index is 0.113. The van der Waals surface area contributed by atoms with Crippen LogP contribution in [-0.2, 0) is 24.3 Å². The van der Waals surface area contributed by atoms with E-state index < -0.39 is 0 Å². The number of nitrogens with zero attached hydrogens (tertiary/aromatic N) is 1. The quantitative estimate of drug-likeness (QED) is 0.648. The molecule has 4 nitrogen and oxygen atoms in total. The molecule has 26 heavy (non-hydrogen) atoms. The van der Waals surface area contributed by atoms with Crippen molar-refractivity contribution in [2.75, 3.05) is 14.1 Å². The van der Waals surface area contributed by atoms with Crippen LogP contribution in [0.4, 0.5) is 0 Å². The molecule has 0 saturated heterocycles. The van der Waals surface area contributed by atoms with Gasteiger partial charge in [-0.3, -0.25) is 4.79 Å². The molecule has 1 amide bonds. The van der Waals surface area contributed by atoms with Gasteiger partial charge in [0.05, 0.1) is 0 Å². The Kier molecular flexibility index (Phi) is 6.08. The highest BCUT2D eigenvalue weighted by Gasteiger charge is 2.06. The van der Waals surface area contributed by atoms with E-state index in [2.05, 4.69) is 78.0 Å². The second kappa shape index (κ2) is 8.68. The third-order valence-electron chi connectivity index (χ3n) is 4.54. The number of nitrogens with one attached hydrogen (secondary N) is 2. The van der Waals surface area contributed by atoms with E-state index in [0.717, 1.165) is 30.5 Å². The number of amides is 1. The van der Waals surface area contributed by atoms with Crippen LogP contribution in [0.1, 0.15) is 29.5 Å². The Morgan fingerprint density at radius 3 is 2.54 bits per heavy atom. The lowest BCUT2D eigenvalue weighted by Gasteiger charge is -2.10. The maximum atomic E-state index is 12.1. The van der Waals surface area contributed by atoms with Crippen molar-refractivity contribution < 1.29 is 4.79 Å². The molecule has 1 heterocycles. The van der Waals surface area contributed by atoms with Crippen LogP contribution in [0.2, 0.25) is 0 Å². The summed E-state index contributed by atoms with van der Waals surface area (Å²) >= 11 is 0. The summed E-state index contributed by atoms with van der Waals surface area (Å²) in [7, 11) is 4.12. The number of hydrogen-bond donors (Lipinski definition) is 2. The number of hydrogen-bond acceptors (Lipinski definition) is 2. The number of benzene rings is 2. The lowest BCUT2D eigenvalue weighted by molar-refractivity contribution is -0.121. The molecule has 2 N–H and O–H groups in total. The summed E-state index contributed by atoms with van der Waals surface area (Å²) in [6.07, 6.45) is 4.38. The van der Waals surface area contributed by atoms with Gasteiger partial charge in [0, 0.05) is 36.6 Å². The average Bonchev–Trinajstić information content (AvgIpc) is 3.04. The fraction of sp³-hybridized carbons (Fsp3) is 0.318. The minimum Gasteiger partial charge on any atom is -0.361 e. The summed E-state index contributed by atoms with van der Waals surface area (Å²) in [6, 6.07) is 16.7. The third kappa shape index (κ3) is 4.96. The van der Waals surface area contributed by atoms with Gasteiger partial charge in [0.15, 0.2) is 0 Å². The number of carbonyl (C=O) groups is 1. The highest BCUT2D eigenvalue weighted by molar-refractivity contribution is 5.83. The molecule has 0 fully saturated rings. The molecule has 0 saturated carbocycles. The van der Waals surface area contributed by atoms with Crippen LogP contribution in [0.3, 0.4) is 0 Å². The Hall–Kier alpha value is -2.59. The number of aromatic nitrogens is 1. The summed E-state index contributed by atoms with van der Waals surface area (Å²) in [5.41, 5.74) is 4.86. The zero-order valence-electron chi connectivity index (χ0n) is 15.6. The monoisotopic (exact) mass is 349 g/mol. The minimum absolute atomic E-state index is 0.113. The van der Waals surface area contributed by atoms with Crippen LogP contribution in [-0.4, -0.2) is 29.9 Å². The molecule has 0 aliphatic carbocycles. The van der Waals surface area contributed by atoms with E-state index in [0.29, 0.717) is 13.0 Å². The van der Waals surface area contributed by atoms with Crippen molar-refractivity contribution in [3.63, 3.8) is 0 Å². The molecule has 0 bridgehead atoms. The molecular formula is C22H27N3O. The number of rotatable bonds is 8. The van der Waals surface area contributed by atoms with Crippen LogP contribution in [0.25, 0.3) is 10.9 Å². The number of aromatic amines is 1. The molecule has 0 atom stereocenters. The average molecular weight is 349 g/mol. The summed E-state index contributed by atoms with van der Waals surface area (Å²) in [5.74, 6) is 0.113. The fourth-order valence-electron chi connectivity index (χ4n) is 3.19. The number of aryl methyl sites for hydroxylation is 1. The van der Waals surface area contributed by atoms with Gasteiger partial charge in [-0.1, -0.05) is 42.5 Å². The largest absolute Gasteiger partial charge is 0.361 e. The van der Waals surface area contributed by atoms with Crippen LogP contribution in [0.5, 0.6) is 0 Å². The van der Waals surface area contributed by atoms with E-state index in [1.54, 1.807) is 0 Å². The van der Waals surface area contributed by atoms with Crippen LogP contribution in [0.15, 0.2) is 54.7 Å². The molecule has 0 unspecified atom stereocenters. The topological polar surface area (TPSA) is 48.1 Å². The molecule has 0 aliphatic rings. The molecule has 136 valence electrons. The molecule has 3 aromatic rings. The predicted octanol–water partition coefficient (Wildman–Crippen LogP) is 3.87. The third-order valence-corrected chi connectivity index (χ3v) is 4.54. The molecular weight excluding hydrogens is 322 g/mol. The van der Waals surface area contributed by atoms with Crippen molar-refractivity contribution in [1.82, 2.24) is 15.2 Å². The van der Waals surface area contributed by atoms with E-state index in [4.69, 9.17) is 0 Å². The van der Waals surface area contributed by atoms with Gasteiger partial charge in [-0.15, -0.1) is 0 Å². The maximum Gasteiger partial charge on any atom is 0.220 e. The standard InChI is InChI=1S/C22H27N3O/c1-25(2)16-18-12-10-17(11-13-18)14-24-22(26)9-5-6-19-15-23-21-8-4-3-7-20(19)21/h3-4,7-8,10-13,15,23H,5-6,9,14,16H2,1-2H3,(H,24,26). The first kappa shape index (κ1) is 18.2. The van der Waals surface area contributed by atoms with Gasteiger partial charge in [-0.05, 0) is 49.7 Å². The first-order valence-electron chi connectivity index (χ1n) is 9.16. The second-order valence-electron chi connectivity index (χ2n) is 7.04. The Balaban J connectivity index is 1.41. The zero-order valence-corrected chi connectivity index (χ0v) is 15.6. The van der Waals surface area contributed by atoms with E-state index >= 15 is 0 Å². The number of fused-ring (bicyclic) bond motifs is 1. The second-order valence-corrected chi connectivity index (χ2v) is 7.04. The summed E-state index contributed by atoms with van der Waals surface area (Å²) in [6.45, 7) is 1.52. The molecule has 0 radical (unpaired) electrons. The van der Waals surface area contributed by atoms with E-state index in [1.807, 2.05) is 6.07 Å². The number of para-hydroxylation sites is 1. The SMILES string of the molecule is CN(C)Cc1ccc(CNC(=O)CCCc2c[nH]c3ccccc23)cc1. The summed E-state index contributed by atoms with van der Waals surface area (Å²) in [5, 5.41) is 4.27. The van der Waals surface area contributed by atoms with Crippen LogP contribution < -0.4 is 5.32 Å². The fourth-order valence-corrected chi connectivity index (χ4v) is 3.19. The van der Waals surface area contributed by atoms with Crippen molar-refractivity contribution in [2.24, 2.45) is 0 Å². The van der Waals surface area contributed by atoms with Gasteiger partial charge in [-0.25, -0.2) is 0 Å². The van der Waals surface area contributed by atoms with Crippen molar-refractivity contribution >= 4 is 16.8 Å². The van der Waals surface area contributed by atoms with Gasteiger partial charge >= 0.3 is 0 Å².